The summed E-state index contributed by atoms with van der Waals surface area (Å²) >= 11 is 1.66. The minimum absolute atomic E-state index is 0. The topological polar surface area (TPSA) is 0 Å². The molecule has 8 heavy (non-hydrogen) atoms. The predicted molar refractivity (Wildman–Crippen MR) is 34.2 cm³/mol. The Balaban J connectivity index is 0. The van der Waals surface area contributed by atoms with Crippen LogP contribution >= 0.6 is 11.3 Å². The van der Waals surface area contributed by atoms with Gasteiger partial charge in [0.2, 0.25) is 0 Å². The van der Waals surface area contributed by atoms with Crippen LogP contribution in [0.1, 0.15) is 6.92 Å². The zero-order valence-electron chi connectivity index (χ0n) is 5.05. The van der Waals surface area contributed by atoms with E-state index in [1.165, 1.54) is 0 Å². The van der Waals surface area contributed by atoms with Gasteiger partial charge in [0.15, 0.2) is 0 Å². The molecule has 0 aromatic carbocycles. The van der Waals surface area contributed by atoms with Crippen molar-refractivity contribution < 1.29 is 19.5 Å². The van der Waals surface area contributed by atoms with Crippen LogP contribution in [0.2, 0.25) is 0 Å². The summed E-state index contributed by atoms with van der Waals surface area (Å²) in [5.41, 5.74) is 0. The predicted octanol–water partition coefficient (Wildman–Crippen LogP) is 2.39. The van der Waals surface area contributed by atoms with E-state index in [-0.39, 0.29) is 19.5 Å². The van der Waals surface area contributed by atoms with E-state index >= 15 is 0 Å². The van der Waals surface area contributed by atoms with Crippen molar-refractivity contribution in [3.63, 3.8) is 0 Å². The van der Waals surface area contributed by atoms with Gasteiger partial charge in [0.05, 0.1) is 0 Å². The van der Waals surface area contributed by atoms with Gasteiger partial charge in [0, 0.05) is 0 Å². The van der Waals surface area contributed by atoms with Crippen LogP contribution in [-0.2, 0) is 19.5 Å². The third kappa shape index (κ3) is 6.32. The van der Waals surface area contributed by atoms with Gasteiger partial charge >= 0.3 is 19.5 Å². The average molecular weight is 178 g/mol. The monoisotopic (exact) mass is 176 g/mol. The van der Waals surface area contributed by atoms with Crippen molar-refractivity contribution >= 4 is 11.3 Å². The molecule has 0 nitrogen and oxygen atoms in total. The molecule has 1 heterocycles. The summed E-state index contributed by atoms with van der Waals surface area (Å²) < 4.78 is 0. The molecule has 0 atom stereocenters. The maximum Gasteiger partial charge on any atom is 2.00 e. The van der Waals surface area contributed by atoms with Crippen LogP contribution in [0.15, 0.2) is 16.8 Å². The Morgan fingerprint density at radius 2 is 2.12 bits per heavy atom. The van der Waals surface area contributed by atoms with Crippen molar-refractivity contribution in [2.45, 2.75) is 6.92 Å². The van der Waals surface area contributed by atoms with E-state index in [1.54, 1.807) is 18.3 Å². The van der Waals surface area contributed by atoms with Crippen LogP contribution in [-0.4, -0.2) is 0 Å². The molecule has 0 radical (unpaired) electrons. The fourth-order valence-corrected chi connectivity index (χ4v) is 0.589. The molecule has 0 aliphatic carbocycles. The van der Waals surface area contributed by atoms with E-state index in [9.17, 15) is 0 Å². The quantitative estimate of drug-likeness (QED) is 0.422. The number of hydrogen-bond donors (Lipinski definition) is 0. The zero-order valence-corrected chi connectivity index (χ0v) is 8.84. The van der Waals surface area contributed by atoms with E-state index in [4.69, 9.17) is 0 Å². The van der Waals surface area contributed by atoms with Crippen molar-refractivity contribution in [1.29, 1.82) is 0 Å². The molecule has 1 aromatic rings. The van der Waals surface area contributed by atoms with Crippen molar-refractivity contribution in [3.05, 3.63) is 29.8 Å². The van der Waals surface area contributed by atoms with Gasteiger partial charge in [-0.2, -0.15) is 12.3 Å². The van der Waals surface area contributed by atoms with Crippen molar-refractivity contribution in [1.82, 2.24) is 0 Å². The molecule has 2 heteroatoms. The van der Waals surface area contributed by atoms with E-state index < -0.39 is 0 Å². The first kappa shape index (κ1) is 11.2. The maximum atomic E-state index is 3.25. The Labute approximate surface area is 67.7 Å². The third-order valence-electron chi connectivity index (χ3n) is 0.379. The Morgan fingerprint density at radius 3 is 2.25 bits per heavy atom. The number of hydrogen-bond acceptors (Lipinski definition) is 1. The average Bonchev–Trinajstić information content (AvgIpc) is 2.23. The van der Waals surface area contributed by atoms with Gasteiger partial charge in [-0.1, -0.05) is 0 Å². The molecule has 0 saturated heterocycles. The fraction of sp³-hybridized carbons (Fsp3) is 0.167. The second-order valence-corrected chi connectivity index (χ2v) is 1.50. The van der Waals surface area contributed by atoms with E-state index in [0.29, 0.717) is 0 Å². The Morgan fingerprint density at radius 1 is 1.50 bits per heavy atom. The van der Waals surface area contributed by atoms with Crippen LogP contribution in [0.5, 0.6) is 0 Å². The SMILES string of the molecule is [CH2-]C.[Zn+2].[c-]1ccsc1. The van der Waals surface area contributed by atoms with Crippen LogP contribution < -0.4 is 0 Å². The van der Waals surface area contributed by atoms with Crippen molar-refractivity contribution in [2.75, 3.05) is 0 Å². The van der Waals surface area contributed by atoms with E-state index in [1.807, 2.05) is 16.8 Å². The molecule has 0 amide bonds. The van der Waals surface area contributed by atoms with Crippen LogP contribution in [0.3, 0.4) is 0 Å². The molecule has 40 valence electrons. The molecule has 1 aromatic heterocycles. The number of rotatable bonds is 0. The molecule has 0 N–H and O–H groups in total. The molecular weight excluding hydrogens is 170 g/mol. The van der Waals surface area contributed by atoms with Gasteiger partial charge in [-0.05, 0) is 0 Å². The largest absolute Gasteiger partial charge is 2.00 e. The van der Waals surface area contributed by atoms with Crippen LogP contribution in [0, 0.1) is 13.0 Å². The Kier molecular flexibility index (Phi) is 14.4. The second-order valence-electron chi connectivity index (χ2n) is 0.723. The first-order chi connectivity index (χ1) is 3.50. The fourth-order valence-electron chi connectivity index (χ4n) is 0.196. The first-order valence-corrected chi connectivity index (χ1v) is 3.03. The molecule has 1 rings (SSSR count). The van der Waals surface area contributed by atoms with Crippen molar-refractivity contribution in [3.8, 4) is 0 Å². The van der Waals surface area contributed by atoms with Crippen molar-refractivity contribution in [2.24, 2.45) is 0 Å². The zero-order chi connectivity index (χ0) is 5.54. The summed E-state index contributed by atoms with van der Waals surface area (Å²) in [5, 5.41) is 3.90. The van der Waals surface area contributed by atoms with Gasteiger partial charge in [0.25, 0.3) is 0 Å². The van der Waals surface area contributed by atoms with Gasteiger partial charge in [-0.15, -0.1) is 5.38 Å². The molecule has 0 bridgehead atoms. The minimum Gasteiger partial charge on any atom is -0.346 e. The van der Waals surface area contributed by atoms with Crippen LogP contribution in [0.4, 0.5) is 0 Å². The summed E-state index contributed by atoms with van der Waals surface area (Å²) in [7, 11) is 0. The molecular formula is C6H8SZn. The minimum atomic E-state index is 0. The summed E-state index contributed by atoms with van der Waals surface area (Å²) in [6.07, 6.45) is 0. The smallest absolute Gasteiger partial charge is 0.346 e. The molecule has 0 unspecified atom stereocenters. The van der Waals surface area contributed by atoms with E-state index in [2.05, 4.69) is 13.0 Å². The normalized spacial score (nSPS) is 5.75. The molecule has 0 saturated carbocycles. The van der Waals surface area contributed by atoms with Gasteiger partial charge in [0.1, 0.15) is 0 Å². The Bertz CT molecular complexity index is 65.0. The van der Waals surface area contributed by atoms with Gasteiger partial charge in [-0.25, -0.2) is 12.1 Å². The summed E-state index contributed by atoms with van der Waals surface area (Å²) in [6.45, 7) is 5.00. The second kappa shape index (κ2) is 10.3. The molecule has 0 fully saturated rings. The summed E-state index contributed by atoms with van der Waals surface area (Å²) in [4.78, 5) is 0. The Hall–Kier alpha value is 0.323. The number of thiophene rings is 1. The molecule has 0 spiro atoms. The maximum absolute atomic E-state index is 3.25. The third-order valence-corrected chi connectivity index (χ3v) is 0.944. The standard InChI is InChI=1S/C4H3S.C2H5.Zn/c1-2-4-5-3-1;1-2;/h1,3-4H;1H2,2H3;/q2*-1;+2. The summed E-state index contributed by atoms with van der Waals surface area (Å²) in [6, 6.07) is 4.77. The van der Waals surface area contributed by atoms with Crippen LogP contribution in [0.25, 0.3) is 0 Å². The first-order valence-electron chi connectivity index (χ1n) is 2.09. The van der Waals surface area contributed by atoms with Gasteiger partial charge in [-0.3, -0.25) is 11.3 Å². The van der Waals surface area contributed by atoms with Gasteiger partial charge < -0.3 is 6.92 Å². The summed E-state index contributed by atoms with van der Waals surface area (Å²) in [5.74, 6) is 0. The van der Waals surface area contributed by atoms with E-state index in [0.717, 1.165) is 0 Å². The molecule has 0 aliphatic heterocycles. The molecule has 0 aliphatic rings.